The zero-order valence-electron chi connectivity index (χ0n) is 10.0. The first-order valence-electron chi connectivity index (χ1n) is 5.52. The van der Waals surface area contributed by atoms with Crippen LogP contribution in [0.3, 0.4) is 0 Å². The lowest BCUT2D eigenvalue weighted by molar-refractivity contribution is 0.431. The summed E-state index contributed by atoms with van der Waals surface area (Å²) in [6, 6.07) is 5.48. The van der Waals surface area contributed by atoms with Gasteiger partial charge in [0.2, 0.25) is 5.82 Å². The number of anilines is 1. The zero-order chi connectivity index (χ0) is 13.4. The van der Waals surface area contributed by atoms with E-state index in [1.165, 1.54) is 0 Å². The number of imidazole rings is 1. The van der Waals surface area contributed by atoms with Gasteiger partial charge in [-0.1, -0.05) is 5.16 Å². The van der Waals surface area contributed by atoms with Gasteiger partial charge < -0.3 is 14.8 Å². The number of aryl methyl sites for hydroxylation is 1. The molecule has 0 atom stereocenters. The van der Waals surface area contributed by atoms with Gasteiger partial charge >= 0.3 is 0 Å². The van der Waals surface area contributed by atoms with Crippen molar-refractivity contribution >= 4 is 21.6 Å². The van der Waals surface area contributed by atoms with Crippen LogP contribution in [-0.4, -0.2) is 19.7 Å². The van der Waals surface area contributed by atoms with Gasteiger partial charge in [-0.3, -0.25) is 0 Å². The molecule has 0 saturated heterocycles. The van der Waals surface area contributed by atoms with E-state index in [2.05, 4.69) is 31.1 Å². The van der Waals surface area contributed by atoms with Gasteiger partial charge in [0, 0.05) is 35.2 Å². The lowest BCUT2D eigenvalue weighted by atomic mass is 10.2. The summed E-state index contributed by atoms with van der Waals surface area (Å²) in [7, 11) is 1.87. The summed E-state index contributed by atoms with van der Waals surface area (Å²) in [5.74, 6) is 1.52. The quantitative estimate of drug-likeness (QED) is 0.734. The van der Waals surface area contributed by atoms with Crippen molar-refractivity contribution in [3.63, 3.8) is 0 Å². The number of nitrogens with two attached hydrogens (primary N) is 1. The molecule has 7 heteroatoms. The number of nitrogens with zero attached hydrogens (tertiary/aromatic N) is 4. The van der Waals surface area contributed by atoms with Crippen molar-refractivity contribution in [2.75, 3.05) is 5.73 Å². The molecule has 0 aliphatic carbocycles. The van der Waals surface area contributed by atoms with E-state index in [4.69, 9.17) is 10.3 Å². The third kappa shape index (κ3) is 2.12. The van der Waals surface area contributed by atoms with Gasteiger partial charge in [-0.15, -0.1) is 0 Å². The molecule has 1 aromatic carbocycles. The molecule has 0 radical (unpaired) electrons. The molecule has 0 unspecified atom stereocenters. The fourth-order valence-corrected chi connectivity index (χ4v) is 1.94. The van der Waals surface area contributed by atoms with Gasteiger partial charge in [-0.2, -0.15) is 4.98 Å². The average Bonchev–Trinajstić information content (AvgIpc) is 3.01. The molecule has 0 aliphatic rings. The van der Waals surface area contributed by atoms with E-state index in [0.29, 0.717) is 23.2 Å². The Morgan fingerprint density at radius 3 is 2.89 bits per heavy atom. The van der Waals surface area contributed by atoms with Gasteiger partial charge in [0.05, 0.1) is 0 Å². The maximum atomic E-state index is 5.83. The minimum absolute atomic E-state index is 0.414. The third-order valence-corrected chi connectivity index (χ3v) is 3.41. The minimum atomic E-state index is 0.414. The summed E-state index contributed by atoms with van der Waals surface area (Å²) in [5, 5.41) is 3.93. The second-order valence-electron chi connectivity index (χ2n) is 4.02. The van der Waals surface area contributed by atoms with Crippen LogP contribution >= 0.6 is 15.9 Å². The topological polar surface area (TPSA) is 82.8 Å². The Hall–Kier alpha value is -2.15. The van der Waals surface area contributed by atoms with Crippen molar-refractivity contribution in [3.8, 4) is 23.1 Å². The van der Waals surface area contributed by atoms with Crippen LogP contribution in [0.15, 0.2) is 39.6 Å². The highest BCUT2D eigenvalue weighted by molar-refractivity contribution is 9.10. The number of hydrogen-bond acceptors (Lipinski definition) is 5. The van der Waals surface area contributed by atoms with E-state index in [1.54, 1.807) is 12.3 Å². The Morgan fingerprint density at radius 2 is 2.21 bits per heavy atom. The molecule has 0 saturated carbocycles. The molecule has 6 nitrogen and oxygen atoms in total. The summed E-state index contributed by atoms with van der Waals surface area (Å²) in [6.07, 6.45) is 3.51. The predicted octanol–water partition coefficient (Wildman–Crippen LogP) is 2.48. The highest BCUT2D eigenvalue weighted by Gasteiger charge is 2.14. The summed E-state index contributed by atoms with van der Waals surface area (Å²) in [4.78, 5) is 8.49. The van der Waals surface area contributed by atoms with Crippen LogP contribution in [0.1, 0.15) is 0 Å². The van der Waals surface area contributed by atoms with Crippen LogP contribution in [0, 0.1) is 0 Å². The minimum Gasteiger partial charge on any atom is -0.398 e. The van der Waals surface area contributed by atoms with Crippen molar-refractivity contribution in [2.45, 2.75) is 0 Å². The van der Waals surface area contributed by atoms with Crippen LogP contribution in [0.25, 0.3) is 23.1 Å². The molecule has 2 heterocycles. The fraction of sp³-hybridized carbons (Fsp3) is 0.0833. The Balaban J connectivity index is 2.01. The molecule has 0 fully saturated rings. The summed E-state index contributed by atoms with van der Waals surface area (Å²) < 4.78 is 7.90. The molecule has 2 N–H and O–H groups in total. The number of hydrogen-bond donors (Lipinski definition) is 1. The summed E-state index contributed by atoms with van der Waals surface area (Å²) >= 11 is 3.34. The molecule has 2 aromatic heterocycles. The molecule has 3 aromatic rings. The van der Waals surface area contributed by atoms with Crippen LogP contribution in [-0.2, 0) is 7.05 Å². The summed E-state index contributed by atoms with van der Waals surface area (Å²) in [6.45, 7) is 0. The van der Waals surface area contributed by atoms with Gasteiger partial charge in [0.1, 0.15) is 0 Å². The Morgan fingerprint density at radius 1 is 1.37 bits per heavy atom. The van der Waals surface area contributed by atoms with Crippen molar-refractivity contribution < 1.29 is 4.52 Å². The van der Waals surface area contributed by atoms with Crippen molar-refractivity contribution in [2.24, 2.45) is 7.05 Å². The standard InChI is InChI=1S/C12H10BrN5O/c1-18-5-4-15-11(18)10-16-12(19-17-10)7-2-3-8(13)9(14)6-7/h2-6H,14H2,1H3. The lowest BCUT2D eigenvalue weighted by Crippen LogP contribution is -1.92. The highest BCUT2D eigenvalue weighted by atomic mass is 79.9. The average molecular weight is 320 g/mol. The molecule has 19 heavy (non-hydrogen) atoms. The highest BCUT2D eigenvalue weighted by Crippen LogP contribution is 2.27. The molecule has 0 aliphatic heterocycles. The maximum Gasteiger partial charge on any atom is 0.258 e. The van der Waals surface area contributed by atoms with E-state index in [-0.39, 0.29) is 0 Å². The molecule has 3 rings (SSSR count). The Bertz CT molecular complexity index is 733. The van der Waals surface area contributed by atoms with Crippen LogP contribution in [0.4, 0.5) is 5.69 Å². The Kier molecular flexibility index (Phi) is 2.83. The first-order chi connectivity index (χ1) is 9.15. The van der Waals surface area contributed by atoms with Crippen molar-refractivity contribution in [3.05, 3.63) is 35.1 Å². The zero-order valence-corrected chi connectivity index (χ0v) is 11.6. The van der Waals surface area contributed by atoms with E-state index < -0.39 is 0 Å². The summed E-state index contributed by atoms with van der Waals surface area (Å²) in [5.41, 5.74) is 7.22. The first-order valence-corrected chi connectivity index (χ1v) is 6.31. The number of nitrogen functional groups attached to an aromatic ring is 1. The number of aromatic nitrogens is 4. The molecular formula is C12H10BrN5O. The molecular weight excluding hydrogens is 310 g/mol. The van der Waals surface area contributed by atoms with Crippen molar-refractivity contribution in [1.29, 1.82) is 0 Å². The van der Waals surface area contributed by atoms with Crippen LogP contribution < -0.4 is 5.73 Å². The molecule has 0 bridgehead atoms. The van der Waals surface area contributed by atoms with E-state index in [9.17, 15) is 0 Å². The second-order valence-corrected chi connectivity index (χ2v) is 4.88. The second kappa shape index (κ2) is 4.51. The van der Waals surface area contributed by atoms with Gasteiger partial charge in [0.15, 0.2) is 5.82 Å². The molecule has 0 amide bonds. The monoisotopic (exact) mass is 319 g/mol. The lowest BCUT2D eigenvalue weighted by Gasteiger charge is -1.99. The van der Waals surface area contributed by atoms with Gasteiger partial charge in [-0.25, -0.2) is 4.98 Å². The number of rotatable bonds is 2. The van der Waals surface area contributed by atoms with Crippen molar-refractivity contribution in [1.82, 2.24) is 19.7 Å². The largest absolute Gasteiger partial charge is 0.398 e. The van der Waals surface area contributed by atoms with Gasteiger partial charge in [0.25, 0.3) is 5.89 Å². The predicted molar refractivity (Wildman–Crippen MR) is 74.0 cm³/mol. The fourth-order valence-electron chi connectivity index (χ4n) is 1.69. The third-order valence-electron chi connectivity index (χ3n) is 2.69. The molecule has 0 spiro atoms. The van der Waals surface area contributed by atoms with E-state index >= 15 is 0 Å². The van der Waals surface area contributed by atoms with E-state index in [0.717, 1.165) is 10.0 Å². The van der Waals surface area contributed by atoms with Crippen LogP contribution in [0.5, 0.6) is 0 Å². The normalized spacial score (nSPS) is 10.8. The van der Waals surface area contributed by atoms with Crippen LogP contribution in [0.2, 0.25) is 0 Å². The molecule has 96 valence electrons. The Labute approximate surface area is 117 Å². The first kappa shape index (κ1) is 11.9. The van der Waals surface area contributed by atoms with E-state index in [1.807, 2.05) is 29.9 Å². The SMILES string of the molecule is Cn1ccnc1-c1noc(-c2ccc(Br)c(N)c2)n1. The number of benzene rings is 1. The maximum absolute atomic E-state index is 5.83. The smallest absolute Gasteiger partial charge is 0.258 e. The van der Waals surface area contributed by atoms with Gasteiger partial charge in [-0.05, 0) is 34.1 Å². The number of halogens is 1.